The lowest BCUT2D eigenvalue weighted by molar-refractivity contribution is 0.276. The van der Waals surface area contributed by atoms with Crippen LogP contribution in [0.15, 0.2) is 65.5 Å². The number of aromatic nitrogens is 3. The minimum atomic E-state index is -0.116. The van der Waals surface area contributed by atoms with E-state index in [1.54, 1.807) is 0 Å². The van der Waals surface area contributed by atoms with Crippen molar-refractivity contribution in [1.82, 2.24) is 14.5 Å². The molecule has 5 nitrogen and oxygen atoms in total. The molecule has 5 heteroatoms. The van der Waals surface area contributed by atoms with E-state index in [1.165, 1.54) is 11.8 Å². The van der Waals surface area contributed by atoms with Crippen LogP contribution in [0, 0.1) is 0 Å². The zero-order valence-electron chi connectivity index (χ0n) is 14.4. The summed E-state index contributed by atoms with van der Waals surface area (Å²) in [6, 6.07) is 16.1. The van der Waals surface area contributed by atoms with Crippen LogP contribution in [0.5, 0.6) is 0 Å². The Kier molecular flexibility index (Phi) is 5.26. The summed E-state index contributed by atoms with van der Waals surface area (Å²) in [7, 11) is 0. The smallest absolute Gasteiger partial charge is 0.226 e. The van der Waals surface area contributed by atoms with Gasteiger partial charge in [0.1, 0.15) is 12.0 Å². The van der Waals surface area contributed by atoms with E-state index >= 15 is 0 Å². The molecule has 0 bridgehead atoms. The van der Waals surface area contributed by atoms with Crippen molar-refractivity contribution in [3.8, 4) is 11.5 Å². The second-order valence-corrected chi connectivity index (χ2v) is 5.36. The minimum Gasteiger partial charge on any atom is -0.444 e. The van der Waals surface area contributed by atoms with Crippen molar-refractivity contribution in [3.05, 3.63) is 72.4 Å². The molecule has 2 heterocycles. The normalized spacial score (nSPS) is 10.5. The summed E-state index contributed by atoms with van der Waals surface area (Å²) in [5, 5.41) is 9.04. The van der Waals surface area contributed by atoms with Crippen LogP contribution in [-0.4, -0.2) is 19.6 Å². The summed E-state index contributed by atoms with van der Waals surface area (Å²) in [6.45, 7) is 4.64. The van der Waals surface area contributed by atoms with Gasteiger partial charge in [0.2, 0.25) is 5.89 Å². The summed E-state index contributed by atoms with van der Waals surface area (Å²) in [5.41, 5.74) is 4.72. The van der Waals surface area contributed by atoms with Crippen molar-refractivity contribution in [3.63, 3.8) is 0 Å². The number of aliphatic hydroxyl groups is 1. The Balaban J connectivity index is 0.000000880. The van der Waals surface area contributed by atoms with Crippen LogP contribution >= 0.6 is 0 Å². The van der Waals surface area contributed by atoms with Gasteiger partial charge in [-0.3, -0.25) is 0 Å². The van der Waals surface area contributed by atoms with E-state index < -0.39 is 0 Å². The molecular weight excluding hydrogens is 314 g/mol. The van der Waals surface area contributed by atoms with Crippen molar-refractivity contribution < 1.29 is 9.52 Å². The minimum absolute atomic E-state index is 0.116. The molecule has 25 heavy (non-hydrogen) atoms. The Bertz CT molecular complexity index is 939. The lowest BCUT2D eigenvalue weighted by Gasteiger charge is -2.05. The lowest BCUT2D eigenvalue weighted by atomic mass is 10.1. The van der Waals surface area contributed by atoms with Gasteiger partial charge in [-0.2, -0.15) is 0 Å². The first-order valence-electron chi connectivity index (χ1n) is 8.38. The van der Waals surface area contributed by atoms with Crippen molar-refractivity contribution in [2.24, 2.45) is 0 Å². The lowest BCUT2D eigenvalue weighted by Crippen LogP contribution is -1.97. The molecule has 0 aliphatic rings. The average Bonchev–Trinajstić information content (AvgIpc) is 3.32. The molecule has 2 aromatic carbocycles. The Morgan fingerprint density at radius 2 is 1.80 bits per heavy atom. The highest BCUT2D eigenvalue weighted by atomic mass is 16.3. The Hall–Kier alpha value is -2.92. The van der Waals surface area contributed by atoms with Crippen molar-refractivity contribution >= 4 is 11.0 Å². The van der Waals surface area contributed by atoms with Crippen molar-refractivity contribution in [2.75, 3.05) is 0 Å². The predicted molar refractivity (Wildman–Crippen MR) is 98.0 cm³/mol. The number of aliphatic hydroxyl groups excluding tert-OH is 1. The van der Waals surface area contributed by atoms with Gasteiger partial charge in [0.15, 0.2) is 0 Å². The van der Waals surface area contributed by atoms with E-state index in [4.69, 9.17) is 9.52 Å². The topological polar surface area (TPSA) is 64.1 Å². The SMILES string of the molecule is CC.OCc1coc(-c2ccc(Cn3cnc4ccccc43)cc2)n1. The van der Waals surface area contributed by atoms with E-state index in [9.17, 15) is 0 Å². The number of benzene rings is 2. The Labute approximate surface area is 146 Å². The molecular formula is C20H21N3O2. The number of hydrogen-bond donors (Lipinski definition) is 1. The van der Waals surface area contributed by atoms with Crippen LogP contribution in [-0.2, 0) is 13.2 Å². The molecule has 0 aliphatic heterocycles. The van der Waals surface area contributed by atoms with Crippen molar-refractivity contribution in [1.29, 1.82) is 0 Å². The molecule has 0 amide bonds. The summed E-state index contributed by atoms with van der Waals surface area (Å²) >= 11 is 0. The maximum Gasteiger partial charge on any atom is 0.226 e. The van der Waals surface area contributed by atoms with Crippen molar-refractivity contribution in [2.45, 2.75) is 27.0 Å². The number of oxazole rings is 1. The third kappa shape index (κ3) is 3.61. The summed E-state index contributed by atoms with van der Waals surface area (Å²) in [6.07, 6.45) is 3.33. The molecule has 0 unspecified atom stereocenters. The second-order valence-electron chi connectivity index (χ2n) is 5.36. The molecule has 0 aliphatic carbocycles. The first-order valence-corrected chi connectivity index (χ1v) is 8.38. The number of fused-ring (bicyclic) bond motifs is 1. The van der Waals surface area contributed by atoms with E-state index in [1.807, 2.05) is 62.6 Å². The first-order chi connectivity index (χ1) is 12.3. The second kappa shape index (κ2) is 7.77. The van der Waals surface area contributed by atoms with E-state index in [-0.39, 0.29) is 6.61 Å². The zero-order valence-corrected chi connectivity index (χ0v) is 14.4. The van der Waals surface area contributed by atoms with Crippen LogP contribution in [0.25, 0.3) is 22.5 Å². The Morgan fingerprint density at radius 3 is 2.52 bits per heavy atom. The Morgan fingerprint density at radius 1 is 1.04 bits per heavy atom. The molecule has 128 valence electrons. The van der Waals surface area contributed by atoms with Gasteiger partial charge in [-0.05, 0) is 29.8 Å². The maximum absolute atomic E-state index is 9.04. The number of imidazole rings is 1. The van der Waals surface area contributed by atoms with Gasteiger partial charge in [0.25, 0.3) is 0 Å². The number of nitrogens with zero attached hydrogens (tertiary/aromatic N) is 3. The fourth-order valence-corrected chi connectivity index (χ4v) is 2.60. The quantitative estimate of drug-likeness (QED) is 0.605. The van der Waals surface area contributed by atoms with E-state index in [0.29, 0.717) is 11.6 Å². The molecule has 0 atom stereocenters. The molecule has 0 saturated carbocycles. The van der Waals surface area contributed by atoms with E-state index in [2.05, 4.69) is 20.6 Å². The first kappa shape index (κ1) is 16.9. The molecule has 0 radical (unpaired) electrons. The molecule has 4 rings (SSSR count). The highest BCUT2D eigenvalue weighted by Gasteiger charge is 2.07. The number of para-hydroxylation sites is 2. The number of rotatable bonds is 4. The largest absolute Gasteiger partial charge is 0.444 e. The highest BCUT2D eigenvalue weighted by molar-refractivity contribution is 5.75. The zero-order chi connectivity index (χ0) is 17.6. The van der Waals surface area contributed by atoms with Crippen LogP contribution in [0.2, 0.25) is 0 Å². The number of hydrogen-bond acceptors (Lipinski definition) is 4. The van der Waals surface area contributed by atoms with Gasteiger partial charge in [0, 0.05) is 12.1 Å². The van der Waals surface area contributed by atoms with Gasteiger partial charge in [-0.25, -0.2) is 9.97 Å². The van der Waals surface area contributed by atoms with Gasteiger partial charge < -0.3 is 14.1 Å². The van der Waals surface area contributed by atoms with Gasteiger partial charge in [0.05, 0.1) is 24.0 Å². The molecule has 0 saturated heterocycles. The standard InChI is InChI=1S/C18H15N3O2.C2H6/c22-10-15-11-23-18(20-15)14-7-5-13(6-8-14)9-21-12-19-16-3-1-2-4-17(16)21;1-2/h1-8,11-12,22H,9-10H2;1-2H3. The maximum atomic E-state index is 9.04. The summed E-state index contributed by atoms with van der Waals surface area (Å²) in [5.74, 6) is 0.522. The fraction of sp³-hybridized carbons (Fsp3) is 0.200. The third-order valence-corrected chi connectivity index (χ3v) is 3.79. The van der Waals surface area contributed by atoms with Gasteiger partial charge in [-0.1, -0.05) is 38.1 Å². The summed E-state index contributed by atoms with van der Waals surface area (Å²) < 4.78 is 7.48. The molecule has 2 aromatic heterocycles. The molecule has 1 N–H and O–H groups in total. The van der Waals surface area contributed by atoms with Gasteiger partial charge in [-0.15, -0.1) is 0 Å². The highest BCUT2D eigenvalue weighted by Crippen LogP contribution is 2.20. The van der Waals surface area contributed by atoms with E-state index in [0.717, 1.165) is 23.1 Å². The van der Waals surface area contributed by atoms with Gasteiger partial charge >= 0.3 is 0 Å². The van der Waals surface area contributed by atoms with Crippen LogP contribution in [0.1, 0.15) is 25.1 Å². The molecule has 0 fully saturated rings. The monoisotopic (exact) mass is 335 g/mol. The fourth-order valence-electron chi connectivity index (χ4n) is 2.60. The molecule has 0 spiro atoms. The third-order valence-electron chi connectivity index (χ3n) is 3.79. The summed E-state index contributed by atoms with van der Waals surface area (Å²) in [4.78, 5) is 8.62. The van der Waals surface area contributed by atoms with Crippen LogP contribution in [0.3, 0.4) is 0 Å². The molecule has 4 aromatic rings. The average molecular weight is 335 g/mol. The predicted octanol–water partition coefficient (Wildman–Crippen LogP) is 4.26. The van der Waals surface area contributed by atoms with Crippen LogP contribution in [0.4, 0.5) is 0 Å². The van der Waals surface area contributed by atoms with Crippen LogP contribution < -0.4 is 0 Å².